The number of amides is 1. The van der Waals surface area contributed by atoms with Gasteiger partial charge in [0, 0.05) is 18.3 Å². The van der Waals surface area contributed by atoms with Gasteiger partial charge in [-0.25, -0.2) is 4.98 Å². The summed E-state index contributed by atoms with van der Waals surface area (Å²) in [6.45, 7) is 2.43. The molecule has 0 atom stereocenters. The third-order valence-electron chi connectivity index (χ3n) is 3.13. The Morgan fingerprint density at radius 1 is 1.20 bits per heavy atom. The number of nitrogens with zero attached hydrogens (tertiary/aromatic N) is 1. The van der Waals surface area contributed by atoms with Crippen molar-refractivity contribution < 1.29 is 9.53 Å². The lowest BCUT2D eigenvalue weighted by Gasteiger charge is -2.09. The van der Waals surface area contributed by atoms with Crippen molar-refractivity contribution in [2.24, 2.45) is 0 Å². The van der Waals surface area contributed by atoms with E-state index in [1.165, 1.54) is 0 Å². The summed E-state index contributed by atoms with van der Waals surface area (Å²) in [4.78, 5) is 16.1. The monoisotopic (exact) mass is 270 g/mol. The van der Waals surface area contributed by atoms with Crippen LogP contribution in [-0.2, 0) is 17.8 Å². The Balaban J connectivity index is 1.94. The second kappa shape index (κ2) is 6.70. The molecule has 4 heteroatoms. The zero-order valence-corrected chi connectivity index (χ0v) is 11.7. The highest BCUT2D eigenvalue weighted by atomic mass is 16.5. The molecule has 104 valence electrons. The van der Waals surface area contributed by atoms with Gasteiger partial charge in [0.1, 0.15) is 0 Å². The van der Waals surface area contributed by atoms with Crippen LogP contribution in [0.3, 0.4) is 0 Å². The first-order chi connectivity index (χ1) is 9.70. The molecule has 2 rings (SSSR count). The predicted octanol–water partition coefficient (Wildman–Crippen LogP) is 2.26. The largest absolute Gasteiger partial charge is 0.481 e. The molecule has 20 heavy (non-hydrogen) atoms. The molecule has 1 amide bonds. The van der Waals surface area contributed by atoms with Gasteiger partial charge in [-0.15, -0.1) is 0 Å². The van der Waals surface area contributed by atoms with Gasteiger partial charge in [-0.05, 0) is 24.1 Å². The van der Waals surface area contributed by atoms with E-state index in [0.29, 0.717) is 18.8 Å². The minimum atomic E-state index is -0.00907. The average molecular weight is 270 g/mol. The van der Waals surface area contributed by atoms with Crippen molar-refractivity contribution in [3.63, 3.8) is 0 Å². The van der Waals surface area contributed by atoms with Crippen molar-refractivity contribution in [3.8, 4) is 5.88 Å². The molecule has 0 saturated carbocycles. The van der Waals surface area contributed by atoms with Crippen LogP contribution in [0.1, 0.15) is 16.7 Å². The number of benzene rings is 1. The molecule has 4 nitrogen and oxygen atoms in total. The van der Waals surface area contributed by atoms with E-state index in [1.807, 2.05) is 43.3 Å². The first-order valence-corrected chi connectivity index (χ1v) is 6.50. The zero-order chi connectivity index (χ0) is 14.4. The summed E-state index contributed by atoms with van der Waals surface area (Å²) in [6, 6.07) is 11.6. The lowest BCUT2D eigenvalue weighted by molar-refractivity contribution is -0.120. The third kappa shape index (κ3) is 3.57. The van der Waals surface area contributed by atoms with Crippen LogP contribution < -0.4 is 10.1 Å². The van der Waals surface area contributed by atoms with Gasteiger partial charge in [-0.3, -0.25) is 4.79 Å². The van der Waals surface area contributed by atoms with Crippen molar-refractivity contribution in [1.29, 1.82) is 0 Å². The molecular weight excluding hydrogens is 252 g/mol. The second-order valence-corrected chi connectivity index (χ2v) is 4.55. The molecule has 0 spiro atoms. The highest BCUT2D eigenvalue weighted by molar-refractivity contribution is 5.78. The Bertz CT molecular complexity index is 597. The predicted molar refractivity (Wildman–Crippen MR) is 77.5 cm³/mol. The first kappa shape index (κ1) is 14.1. The second-order valence-electron chi connectivity index (χ2n) is 4.55. The fraction of sp³-hybridized carbons (Fsp3) is 0.250. The Kier molecular flexibility index (Phi) is 4.71. The van der Waals surface area contributed by atoms with Crippen LogP contribution in [0.25, 0.3) is 0 Å². The van der Waals surface area contributed by atoms with E-state index in [9.17, 15) is 4.79 Å². The summed E-state index contributed by atoms with van der Waals surface area (Å²) in [5, 5.41) is 2.89. The third-order valence-corrected chi connectivity index (χ3v) is 3.13. The quantitative estimate of drug-likeness (QED) is 0.906. The van der Waals surface area contributed by atoms with Crippen LogP contribution in [0.5, 0.6) is 5.88 Å². The molecule has 0 aliphatic carbocycles. The molecule has 1 aromatic carbocycles. The molecule has 1 N–H and O–H groups in total. The van der Waals surface area contributed by atoms with E-state index >= 15 is 0 Å². The molecule has 0 saturated heterocycles. The summed E-state index contributed by atoms with van der Waals surface area (Å²) in [5.74, 6) is 0.536. The lowest BCUT2D eigenvalue weighted by Crippen LogP contribution is -2.25. The number of methoxy groups -OCH3 is 1. The Morgan fingerprint density at radius 3 is 2.70 bits per heavy atom. The maximum Gasteiger partial charge on any atom is 0.224 e. The van der Waals surface area contributed by atoms with Crippen LogP contribution in [0.4, 0.5) is 0 Å². The van der Waals surface area contributed by atoms with Crippen LogP contribution >= 0.6 is 0 Å². The maximum absolute atomic E-state index is 12.0. The van der Waals surface area contributed by atoms with E-state index in [0.717, 1.165) is 16.7 Å². The SMILES string of the molecule is COc1ncccc1CNC(=O)Cc1ccccc1C. The standard InChI is InChI=1S/C16H18N2O2/c1-12-6-3-4-7-13(12)10-15(19)18-11-14-8-5-9-17-16(14)20-2/h3-9H,10-11H2,1-2H3,(H,18,19). The zero-order valence-electron chi connectivity index (χ0n) is 11.7. The Morgan fingerprint density at radius 2 is 1.95 bits per heavy atom. The van der Waals surface area contributed by atoms with Crippen molar-refractivity contribution in [1.82, 2.24) is 10.3 Å². The van der Waals surface area contributed by atoms with Gasteiger partial charge in [-0.1, -0.05) is 30.3 Å². The van der Waals surface area contributed by atoms with Crippen molar-refractivity contribution in [3.05, 3.63) is 59.3 Å². The molecule has 1 aromatic heterocycles. The van der Waals surface area contributed by atoms with Gasteiger partial charge in [0.2, 0.25) is 11.8 Å². The molecule has 0 aliphatic heterocycles. The number of carbonyl (C=O) groups excluding carboxylic acids is 1. The van der Waals surface area contributed by atoms with Gasteiger partial charge >= 0.3 is 0 Å². The molecule has 2 aromatic rings. The number of carbonyl (C=O) groups is 1. The van der Waals surface area contributed by atoms with E-state index in [-0.39, 0.29) is 5.91 Å². The summed E-state index contributed by atoms with van der Waals surface area (Å²) in [5.41, 5.74) is 3.04. The normalized spacial score (nSPS) is 10.1. The lowest BCUT2D eigenvalue weighted by atomic mass is 10.1. The van der Waals surface area contributed by atoms with Gasteiger partial charge in [0.05, 0.1) is 13.5 Å². The number of pyridine rings is 1. The number of ether oxygens (including phenoxy) is 1. The Hall–Kier alpha value is -2.36. The molecule has 1 heterocycles. The molecule has 0 bridgehead atoms. The Labute approximate surface area is 118 Å². The molecule has 0 radical (unpaired) electrons. The van der Waals surface area contributed by atoms with Gasteiger partial charge in [0.25, 0.3) is 0 Å². The van der Waals surface area contributed by atoms with Crippen molar-refractivity contribution in [2.75, 3.05) is 7.11 Å². The van der Waals surface area contributed by atoms with Crippen LogP contribution in [-0.4, -0.2) is 18.0 Å². The number of rotatable bonds is 5. The molecule has 0 fully saturated rings. The number of nitrogens with one attached hydrogen (secondary N) is 1. The highest BCUT2D eigenvalue weighted by Crippen LogP contribution is 2.13. The van der Waals surface area contributed by atoms with E-state index in [1.54, 1.807) is 13.3 Å². The van der Waals surface area contributed by atoms with Gasteiger partial charge < -0.3 is 10.1 Å². The number of hydrogen-bond donors (Lipinski definition) is 1. The van der Waals surface area contributed by atoms with E-state index in [2.05, 4.69) is 10.3 Å². The summed E-state index contributed by atoms with van der Waals surface area (Å²) in [6.07, 6.45) is 2.05. The molecular formula is C16H18N2O2. The summed E-state index contributed by atoms with van der Waals surface area (Å²) < 4.78 is 5.15. The van der Waals surface area contributed by atoms with E-state index in [4.69, 9.17) is 4.74 Å². The molecule has 0 aliphatic rings. The van der Waals surface area contributed by atoms with Crippen LogP contribution in [0.2, 0.25) is 0 Å². The van der Waals surface area contributed by atoms with Crippen LogP contribution in [0, 0.1) is 6.92 Å². The summed E-state index contributed by atoms with van der Waals surface area (Å²) >= 11 is 0. The van der Waals surface area contributed by atoms with Crippen molar-refractivity contribution in [2.45, 2.75) is 19.9 Å². The topological polar surface area (TPSA) is 51.2 Å². The molecule has 0 unspecified atom stereocenters. The first-order valence-electron chi connectivity index (χ1n) is 6.50. The number of hydrogen-bond acceptors (Lipinski definition) is 3. The highest BCUT2D eigenvalue weighted by Gasteiger charge is 2.08. The van der Waals surface area contributed by atoms with Gasteiger partial charge in [0.15, 0.2) is 0 Å². The smallest absolute Gasteiger partial charge is 0.224 e. The number of aryl methyl sites for hydroxylation is 1. The fourth-order valence-electron chi connectivity index (χ4n) is 1.98. The van der Waals surface area contributed by atoms with Crippen LogP contribution in [0.15, 0.2) is 42.6 Å². The maximum atomic E-state index is 12.0. The summed E-state index contributed by atoms with van der Waals surface area (Å²) in [7, 11) is 1.57. The minimum Gasteiger partial charge on any atom is -0.481 e. The fourth-order valence-corrected chi connectivity index (χ4v) is 1.98. The van der Waals surface area contributed by atoms with Gasteiger partial charge in [-0.2, -0.15) is 0 Å². The van der Waals surface area contributed by atoms with Crippen molar-refractivity contribution >= 4 is 5.91 Å². The minimum absolute atomic E-state index is 0.00907. The average Bonchev–Trinajstić information content (AvgIpc) is 2.48. The number of aromatic nitrogens is 1. The van der Waals surface area contributed by atoms with E-state index < -0.39 is 0 Å².